The molecule has 0 aromatic carbocycles. The largest absolute Gasteiger partial charge is 0.353 e. The fraction of sp³-hybridized carbons (Fsp3) is 0.500. The lowest BCUT2D eigenvalue weighted by atomic mass is 10.0. The Morgan fingerprint density at radius 3 is 3.08 bits per heavy atom. The number of anilines is 1. The zero-order valence-corrected chi connectivity index (χ0v) is 15.6. The minimum atomic E-state index is -0.00458. The molecule has 2 aromatic heterocycles. The monoisotopic (exact) mass is 359 g/mol. The Balaban J connectivity index is 1.54. The summed E-state index contributed by atoms with van der Waals surface area (Å²) in [7, 11) is 1.89. The van der Waals surface area contributed by atoms with Gasteiger partial charge >= 0.3 is 6.03 Å². The van der Waals surface area contributed by atoms with Crippen LogP contribution in [0.15, 0.2) is 35.8 Å². The molecular weight excluding hydrogens is 334 g/mol. The van der Waals surface area contributed by atoms with E-state index >= 15 is 0 Å². The van der Waals surface area contributed by atoms with Gasteiger partial charge < -0.3 is 15.1 Å². The van der Waals surface area contributed by atoms with Crippen LogP contribution >= 0.6 is 11.3 Å². The van der Waals surface area contributed by atoms with Crippen LogP contribution in [-0.2, 0) is 6.42 Å². The van der Waals surface area contributed by atoms with Crippen molar-refractivity contribution in [1.29, 1.82) is 0 Å². The second kappa shape index (κ2) is 8.29. The van der Waals surface area contributed by atoms with E-state index in [1.807, 2.05) is 30.1 Å². The molecule has 0 spiro atoms. The first kappa shape index (κ1) is 17.7. The van der Waals surface area contributed by atoms with Crippen LogP contribution in [0.25, 0.3) is 0 Å². The Bertz CT molecular complexity index is 663. The first-order valence-corrected chi connectivity index (χ1v) is 9.60. The second-order valence-corrected chi connectivity index (χ2v) is 7.60. The number of likely N-dealkylation sites (N-methyl/N-ethyl adjacent to an activating group) is 1. The molecule has 1 fully saturated rings. The van der Waals surface area contributed by atoms with Gasteiger partial charge in [-0.1, -0.05) is 6.07 Å². The number of aromatic nitrogens is 2. The highest BCUT2D eigenvalue weighted by Crippen LogP contribution is 2.20. The average Bonchev–Trinajstić information content (AvgIpc) is 3.14. The quantitative estimate of drug-likeness (QED) is 0.892. The minimum absolute atomic E-state index is 0.00458. The molecule has 3 rings (SSSR count). The van der Waals surface area contributed by atoms with E-state index in [9.17, 15) is 4.79 Å². The molecule has 0 aliphatic carbocycles. The number of carbonyl (C=O) groups excluding carboxylic acids is 1. The standard InChI is InChI=1S/C18H25N5OS/c1-14(12-16-7-5-11-25-16)20-18(24)22(2)15-6-4-10-23(13-15)17-8-3-9-19-21-17/h3,5,7-9,11,14-15H,4,6,10,12-13H2,1-2H3,(H,20,24). The number of urea groups is 1. The second-order valence-electron chi connectivity index (χ2n) is 6.57. The van der Waals surface area contributed by atoms with Crippen LogP contribution in [0.3, 0.4) is 0 Å². The Labute approximate surface area is 152 Å². The maximum absolute atomic E-state index is 12.6. The minimum Gasteiger partial charge on any atom is -0.353 e. The summed E-state index contributed by atoms with van der Waals surface area (Å²) in [5.41, 5.74) is 0. The number of nitrogens with one attached hydrogen (secondary N) is 1. The Kier molecular flexibility index (Phi) is 5.86. The number of nitrogens with zero attached hydrogens (tertiary/aromatic N) is 4. The molecule has 7 heteroatoms. The lowest BCUT2D eigenvalue weighted by molar-refractivity contribution is 0.179. The van der Waals surface area contributed by atoms with Gasteiger partial charge in [0.15, 0.2) is 5.82 Å². The number of piperidine rings is 1. The van der Waals surface area contributed by atoms with E-state index in [1.165, 1.54) is 4.88 Å². The molecule has 1 N–H and O–H groups in total. The van der Waals surface area contributed by atoms with Gasteiger partial charge in [-0.05, 0) is 43.3 Å². The van der Waals surface area contributed by atoms with Gasteiger partial charge in [-0.3, -0.25) is 0 Å². The van der Waals surface area contributed by atoms with Crippen LogP contribution < -0.4 is 10.2 Å². The van der Waals surface area contributed by atoms with Gasteiger partial charge in [-0.25, -0.2) is 4.79 Å². The zero-order chi connectivity index (χ0) is 17.6. The van der Waals surface area contributed by atoms with Gasteiger partial charge in [-0.2, -0.15) is 5.10 Å². The van der Waals surface area contributed by atoms with Crippen molar-refractivity contribution in [2.24, 2.45) is 0 Å². The molecule has 6 nitrogen and oxygen atoms in total. The van der Waals surface area contributed by atoms with E-state index in [2.05, 4.69) is 38.8 Å². The van der Waals surface area contributed by atoms with Gasteiger partial charge in [0.2, 0.25) is 0 Å². The van der Waals surface area contributed by atoms with Crippen LogP contribution in [-0.4, -0.2) is 53.3 Å². The molecule has 1 aliphatic heterocycles. The van der Waals surface area contributed by atoms with E-state index < -0.39 is 0 Å². The van der Waals surface area contributed by atoms with Crippen molar-refractivity contribution in [3.63, 3.8) is 0 Å². The van der Waals surface area contributed by atoms with Crippen LogP contribution in [0.5, 0.6) is 0 Å². The SMILES string of the molecule is CC(Cc1cccs1)NC(=O)N(C)C1CCCN(c2cccnn2)C1. The molecule has 134 valence electrons. The summed E-state index contributed by atoms with van der Waals surface area (Å²) in [4.78, 5) is 17.9. The maximum atomic E-state index is 12.6. The number of amides is 2. The number of rotatable bonds is 5. The lowest BCUT2D eigenvalue weighted by Crippen LogP contribution is -2.53. The predicted molar refractivity (Wildman–Crippen MR) is 101 cm³/mol. The van der Waals surface area contributed by atoms with Gasteiger partial charge in [0, 0.05) is 43.7 Å². The summed E-state index contributed by atoms with van der Waals surface area (Å²) < 4.78 is 0. The van der Waals surface area contributed by atoms with Crippen molar-refractivity contribution < 1.29 is 4.79 Å². The average molecular weight is 359 g/mol. The van der Waals surface area contributed by atoms with E-state index in [4.69, 9.17) is 0 Å². The summed E-state index contributed by atoms with van der Waals surface area (Å²) in [5.74, 6) is 0.882. The first-order chi connectivity index (χ1) is 12.1. The highest BCUT2D eigenvalue weighted by Gasteiger charge is 2.27. The smallest absolute Gasteiger partial charge is 0.317 e. The number of hydrogen-bond acceptors (Lipinski definition) is 5. The Morgan fingerprint density at radius 1 is 1.48 bits per heavy atom. The molecule has 2 atom stereocenters. The number of thiophene rings is 1. The zero-order valence-electron chi connectivity index (χ0n) is 14.8. The molecule has 1 saturated heterocycles. The lowest BCUT2D eigenvalue weighted by Gasteiger charge is -2.38. The fourth-order valence-corrected chi connectivity index (χ4v) is 4.04. The highest BCUT2D eigenvalue weighted by molar-refractivity contribution is 7.09. The molecule has 2 amide bonds. The summed E-state index contributed by atoms with van der Waals surface area (Å²) in [5, 5.41) is 13.3. The molecule has 3 heterocycles. The summed E-state index contributed by atoms with van der Waals surface area (Å²) in [6.07, 6.45) is 4.61. The molecule has 25 heavy (non-hydrogen) atoms. The molecule has 0 bridgehead atoms. The fourth-order valence-electron chi connectivity index (χ4n) is 3.20. The topological polar surface area (TPSA) is 61.4 Å². The summed E-state index contributed by atoms with van der Waals surface area (Å²) in [6.45, 7) is 3.81. The van der Waals surface area contributed by atoms with Gasteiger partial charge in [-0.15, -0.1) is 16.4 Å². The summed E-state index contributed by atoms with van der Waals surface area (Å²) >= 11 is 1.73. The van der Waals surface area contributed by atoms with E-state index in [-0.39, 0.29) is 18.1 Å². The molecular formula is C18H25N5OS. The van der Waals surface area contributed by atoms with Crippen LogP contribution in [0.4, 0.5) is 10.6 Å². The molecule has 1 aliphatic rings. The summed E-state index contributed by atoms with van der Waals surface area (Å²) in [6, 6.07) is 8.32. The number of carbonyl (C=O) groups is 1. The third kappa shape index (κ3) is 4.69. The third-order valence-electron chi connectivity index (χ3n) is 4.60. The first-order valence-electron chi connectivity index (χ1n) is 8.72. The van der Waals surface area contributed by atoms with Crippen LogP contribution in [0.2, 0.25) is 0 Å². The van der Waals surface area contributed by atoms with Crippen LogP contribution in [0, 0.1) is 0 Å². The van der Waals surface area contributed by atoms with Gasteiger partial charge in [0.25, 0.3) is 0 Å². The molecule has 0 saturated carbocycles. The Hall–Kier alpha value is -2.15. The molecule has 2 unspecified atom stereocenters. The number of hydrogen-bond donors (Lipinski definition) is 1. The van der Waals surface area contributed by atoms with Crippen molar-refractivity contribution >= 4 is 23.2 Å². The van der Waals surface area contributed by atoms with E-state index in [1.54, 1.807) is 17.5 Å². The van der Waals surface area contributed by atoms with Gasteiger partial charge in [0.1, 0.15) is 0 Å². The van der Waals surface area contributed by atoms with E-state index in [0.717, 1.165) is 38.2 Å². The predicted octanol–water partition coefficient (Wildman–Crippen LogP) is 2.78. The van der Waals surface area contributed by atoms with Crippen molar-refractivity contribution in [2.75, 3.05) is 25.0 Å². The third-order valence-corrected chi connectivity index (χ3v) is 5.50. The highest BCUT2D eigenvalue weighted by atomic mass is 32.1. The van der Waals surface area contributed by atoms with Gasteiger partial charge in [0.05, 0.1) is 6.04 Å². The van der Waals surface area contributed by atoms with Crippen molar-refractivity contribution in [3.05, 3.63) is 40.7 Å². The van der Waals surface area contributed by atoms with Crippen LogP contribution in [0.1, 0.15) is 24.6 Å². The molecule has 0 radical (unpaired) electrons. The maximum Gasteiger partial charge on any atom is 0.317 e. The van der Waals surface area contributed by atoms with Crippen molar-refractivity contribution in [2.45, 2.75) is 38.3 Å². The normalized spacial score (nSPS) is 18.6. The van der Waals surface area contributed by atoms with Crippen molar-refractivity contribution in [3.8, 4) is 0 Å². The van der Waals surface area contributed by atoms with E-state index in [0.29, 0.717) is 0 Å². The van der Waals surface area contributed by atoms with Crippen molar-refractivity contribution in [1.82, 2.24) is 20.4 Å². The molecule has 2 aromatic rings. The Morgan fingerprint density at radius 2 is 2.36 bits per heavy atom.